The number of hydrogen-bond acceptors (Lipinski definition) is 7. The molecule has 0 N–H and O–H groups in total. The van der Waals surface area contributed by atoms with E-state index in [4.69, 9.17) is 9.57 Å². The Kier molecular flexibility index (Phi) is 5.32. The summed E-state index contributed by atoms with van der Waals surface area (Å²) >= 11 is 1.41. The number of fused-ring (bicyclic) bond motifs is 2. The molecule has 8 heteroatoms. The quantitative estimate of drug-likeness (QED) is 0.504. The van der Waals surface area contributed by atoms with Crippen molar-refractivity contribution in [2.24, 2.45) is 5.92 Å². The van der Waals surface area contributed by atoms with Crippen LogP contribution in [0.2, 0.25) is 0 Å². The lowest BCUT2D eigenvalue weighted by molar-refractivity contribution is -0.126. The van der Waals surface area contributed by atoms with Gasteiger partial charge in [0.05, 0.1) is 24.4 Å². The number of thiophene rings is 1. The van der Waals surface area contributed by atoms with Crippen LogP contribution in [0.3, 0.4) is 0 Å². The van der Waals surface area contributed by atoms with E-state index in [9.17, 15) is 14.9 Å². The van der Waals surface area contributed by atoms with Gasteiger partial charge in [-0.15, -0.1) is 11.3 Å². The van der Waals surface area contributed by atoms with E-state index in [0.29, 0.717) is 16.3 Å². The first kappa shape index (κ1) is 21.8. The molecule has 0 unspecified atom stereocenters. The predicted octanol–water partition coefficient (Wildman–Crippen LogP) is 4.56. The van der Waals surface area contributed by atoms with Crippen molar-refractivity contribution in [1.82, 2.24) is 0 Å². The number of anilines is 2. The van der Waals surface area contributed by atoms with Crippen molar-refractivity contribution in [3.05, 3.63) is 76.2 Å². The Morgan fingerprint density at radius 1 is 1.03 bits per heavy atom. The summed E-state index contributed by atoms with van der Waals surface area (Å²) in [5.41, 5.74) is 3.07. The fourth-order valence-corrected chi connectivity index (χ4v) is 6.73. The Balaban J connectivity index is 1.43. The van der Waals surface area contributed by atoms with Gasteiger partial charge in [0.1, 0.15) is 22.7 Å². The minimum absolute atomic E-state index is 0.325. The van der Waals surface area contributed by atoms with E-state index in [1.807, 2.05) is 54.6 Å². The van der Waals surface area contributed by atoms with Crippen LogP contribution in [0.1, 0.15) is 40.5 Å². The molecule has 6 rings (SSSR count). The predicted molar refractivity (Wildman–Crippen MR) is 131 cm³/mol. The third kappa shape index (κ3) is 3.34. The molecule has 2 fully saturated rings. The average molecular weight is 486 g/mol. The van der Waals surface area contributed by atoms with Crippen LogP contribution in [0.5, 0.6) is 5.75 Å². The second-order valence-electron chi connectivity index (χ2n) is 8.95. The molecule has 2 aromatic carbocycles. The molecule has 0 bridgehead atoms. The highest BCUT2D eigenvalue weighted by molar-refractivity contribution is 7.17. The fourth-order valence-electron chi connectivity index (χ4n) is 5.38. The molecule has 176 valence electrons. The first-order chi connectivity index (χ1) is 17.1. The van der Waals surface area contributed by atoms with Crippen molar-refractivity contribution in [3.63, 3.8) is 0 Å². The first-order valence-corrected chi connectivity index (χ1v) is 12.5. The standard InChI is InChI=1S/C27H23N3O4S/c1-33-18-13-11-16(12-14-18)23-22-24(34-30(23)17-7-3-2-4-8-17)26(32)29(25(22)31)27-20(15-28)19-9-5-6-10-21(19)35-27/h2-4,7-8,11-14,22-24H,5-6,9-10H2,1H3/t22-,23+,24-/m0/s1. The monoisotopic (exact) mass is 485 g/mol. The molecule has 2 amide bonds. The Labute approximate surface area is 207 Å². The number of hydroxylamine groups is 1. The number of nitrogens with zero attached hydrogens (tertiary/aromatic N) is 3. The minimum Gasteiger partial charge on any atom is -0.497 e. The van der Waals surface area contributed by atoms with Crippen LogP contribution in [0.4, 0.5) is 10.7 Å². The fraction of sp³-hybridized carbons (Fsp3) is 0.296. The summed E-state index contributed by atoms with van der Waals surface area (Å²) in [5, 5.41) is 12.1. The van der Waals surface area contributed by atoms with Gasteiger partial charge in [-0.2, -0.15) is 5.26 Å². The van der Waals surface area contributed by atoms with Crippen molar-refractivity contribution in [2.75, 3.05) is 17.1 Å². The van der Waals surface area contributed by atoms with Gasteiger partial charge in [-0.3, -0.25) is 14.4 Å². The zero-order chi connectivity index (χ0) is 24.1. The number of para-hydroxylation sites is 1. The highest BCUT2D eigenvalue weighted by Gasteiger charge is 2.61. The van der Waals surface area contributed by atoms with Crippen molar-refractivity contribution in [1.29, 1.82) is 5.26 Å². The Bertz CT molecular complexity index is 1350. The van der Waals surface area contributed by atoms with Gasteiger partial charge in [0, 0.05) is 4.88 Å². The third-order valence-electron chi connectivity index (χ3n) is 7.05. The summed E-state index contributed by atoms with van der Waals surface area (Å²) in [7, 11) is 1.60. The topological polar surface area (TPSA) is 82.9 Å². The van der Waals surface area contributed by atoms with E-state index in [0.717, 1.165) is 47.4 Å². The second kappa shape index (κ2) is 8.52. The van der Waals surface area contributed by atoms with Gasteiger partial charge in [0.15, 0.2) is 6.10 Å². The van der Waals surface area contributed by atoms with Gasteiger partial charge in [-0.25, -0.2) is 9.96 Å². The summed E-state index contributed by atoms with van der Waals surface area (Å²) in [4.78, 5) is 36.1. The van der Waals surface area contributed by atoms with Gasteiger partial charge in [0.2, 0.25) is 5.91 Å². The maximum Gasteiger partial charge on any atom is 0.267 e. The van der Waals surface area contributed by atoms with E-state index in [-0.39, 0.29) is 5.91 Å². The van der Waals surface area contributed by atoms with Crippen LogP contribution in [-0.2, 0) is 27.3 Å². The number of nitriles is 1. The van der Waals surface area contributed by atoms with Crippen LogP contribution in [0.25, 0.3) is 0 Å². The van der Waals surface area contributed by atoms with E-state index >= 15 is 0 Å². The molecule has 0 spiro atoms. The smallest absolute Gasteiger partial charge is 0.267 e. The van der Waals surface area contributed by atoms with Crippen molar-refractivity contribution < 1.29 is 19.2 Å². The maximum absolute atomic E-state index is 13.9. The van der Waals surface area contributed by atoms with Gasteiger partial charge < -0.3 is 4.74 Å². The molecule has 3 atom stereocenters. The molecule has 3 heterocycles. The first-order valence-electron chi connectivity index (χ1n) is 11.7. The molecule has 3 aliphatic rings. The van der Waals surface area contributed by atoms with E-state index < -0.39 is 24.0 Å². The van der Waals surface area contributed by atoms with Gasteiger partial charge in [0.25, 0.3) is 5.91 Å². The molecule has 0 saturated carbocycles. The molecule has 3 aromatic rings. The number of hydrogen-bond donors (Lipinski definition) is 0. The average Bonchev–Trinajstić information content (AvgIpc) is 3.54. The summed E-state index contributed by atoms with van der Waals surface area (Å²) in [5.74, 6) is -0.767. The zero-order valence-electron chi connectivity index (χ0n) is 19.1. The molecular weight excluding hydrogens is 462 g/mol. The molecular formula is C27H23N3O4S. The van der Waals surface area contributed by atoms with Crippen LogP contribution >= 0.6 is 11.3 Å². The minimum atomic E-state index is -0.958. The molecule has 2 saturated heterocycles. The normalized spacial score (nSPS) is 23.3. The Morgan fingerprint density at radius 2 is 1.77 bits per heavy atom. The van der Waals surface area contributed by atoms with Crippen LogP contribution in [-0.4, -0.2) is 25.0 Å². The molecule has 0 radical (unpaired) electrons. The maximum atomic E-state index is 13.9. The molecule has 2 aliphatic heterocycles. The number of carbonyl (C=O) groups is 2. The number of ether oxygens (including phenoxy) is 1. The van der Waals surface area contributed by atoms with Gasteiger partial charge in [-0.05, 0) is 61.1 Å². The largest absolute Gasteiger partial charge is 0.497 e. The number of aryl methyl sites for hydroxylation is 1. The molecule has 35 heavy (non-hydrogen) atoms. The summed E-state index contributed by atoms with van der Waals surface area (Å²) in [6.07, 6.45) is 2.80. The van der Waals surface area contributed by atoms with Crippen molar-refractivity contribution in [2.45, 2.75) is 37.8 Å². The lowest BCUT2D eigenvalue weighted by Gasteiger charge is -2.28. The van der Waals surface area contributed by atoms with Crippen LogP contribution in [0, 0.1) is 17.2 Å². The summed E-state index contributed by atoms with van der Waals surface area (Å²) in [6, 6.07) is 18.7. The highest BCUT2D eigenvalue weighted by atomic mass is 32.1. The lowest BCUT2D eigenvalue weighted by atomic mass is 9.90. The summed E-state index contributed by atoms with van der Waals surface area (Å²) in [6.45, 7) is 0. The number of methoxy groups -OCH3 is 1. The van der Waals surface area contributed by atoms with Gasteiger partial charge in [-0.1, -0.05) is 30.3 Å². The van der Waals surface area contributed by atoms with E-state index in [1.165, 1.54) is 16.2 Å². The molecule has 1 aliphatic carbocycles. The number of rotatable bonds is 4. The second-order valence-corrected chi connectivity index (χ2v) is 10.0. The van der Waals surface area contributed by atoms with E-state index in [2.05, 4.69) is 6.07 Å². The van der Waals surface area contributed by atoms with E-state index in [1.54, 1.807) is 12.2 Å². The lowest BCUT2D eigenvalue weighted by Crippen LogP contribution is -2.37. The van der Waals surface area contributed by atoms with Crippen molar-refractivity contribution in [3.8, 4) is 11.8 Å². The number of benzene rings is 2. The zero-order valence-corrected chi connectivity index (χ0v) is 20.0. The Hall–Kier alpha value is -3.67. The van der Waals surface area contributed by atoms with Crippen LogP contribution < -0.4 is 14.7 Å². The summed E-state index contributed by atoms with van der Waals surface area (Å²) < 4.78 is 5.30. The third-order valence-corrected chi connectivity index (χ3v) is 8.33. The van der Waals surface area contributed by atoms with Crippen molar-refractivity contribution >= 4 is 33.8 Å². The van der Waals surface area contributed by atoms with Crippen LogP contribution in [0.15, 0.2) is 54.6 Å². The number of carbonyl (C=O) groups excluding carboxylic acids is 2. The Morgan fingerprint density at radius 3 is 2.49 bits per heavy atom. The number of amides is 2. The highest BCUT2D eigenvalue weighted by Crippen LogP contribution is 2.50. The molecule has 1 aromatic heterocycles. The number of imide groups is 1. The molecule has 7 nitrogen and oxygen atoms in total. The SMILES string of the molecule is COc1ccc([C@@H]2[C@@H]3C(=O)N(c4sc5c(c4C#N)CCCC5)C(=O)[C@H]3ON2c2ccccc2)cc1. The van der Waals surface area contributed by atoms with Gasteiger partial charge >= 0.3 is 0 Å².